The van der Waals surface area contributed by atoms with Gasteiger partial charge in [0.15, 0.2) is 11.5 Å². The van der Waals surface area contributed by atoms with Crippen molar-refractivity contribution in [2.45, 2.75) is 20.8 Å². The molecule has 78 valence electrons. The normalized spacial score (nSPS) is 10.9. The molecule has 0 bridgehead atoms. The molecule has 0 radical (unpaired) electrons. The predicted octanol–water partition coefficient (Wildman–Crippen LogP) is 3.18. The summed E-state index contributed by atoms with van der Waals surface area (Å²) in [7, 11) is 0. The lowest BCUT2D eigenvalue weighted by atomic mass is 10.00. The monoisotopic (exact) mass is 202 g/mol. The average molecular weight is 202 g/mol. The molecule has 0 atom stereocenters. The topological polar surface area (TPSA) is 40.5 Å². The fourth-order valence-corrected chi connectivity index (χ4v) is 1.78. The van der Waals surface area contributed by atoms with E-state index in [0.717, 1.165) is 10.9 Å². The molecule has 2 rings (SSSR count). The molecule has 0 aliphatic carbocycles. The first-order valence-corrected chi connectivity index (χ1v) is 4.93. The first kappa shape index (κ1) is 9.84. The maximum atomic E-state index is 9.80. The van der Waals surface area contributed by atoms with Crippen LogP contribution in [-0.2, 0) is 0 Å². The molecule has 0 amide bonds. The lowest BCUT2D eigenvalue weighted by molar-refractivity contribution is 0.405. The summed E-state index contributed by atoms with van der Waals surface area (Å²) in [6.07, 6.45) is 0. The van der Waals surface area contributed by atoms with E-state index in [0.29, 0.717) is 10.9 Å². The third-order valence-corrected chi connectivity index (χ3v) is 2.89. The Morgan fingerprint density at radius 3 is 1.93 bits per heavy atom. The molecule has 0 fully saturated rings. The van der Waals surface area contributed by atoms with Gasteiger partial charge in [-0.05, 0) is 55.0 Å². The Morgan fingerprint density at radius 1 is 0.733 bits per heavy atom. The van der Waals surface area contributed by atoms with Gasteiger partial charge in [0.2, 0.25) is 0 Å². The number of rotatable bonds is 0. The zero-order chi connectivity index (χ0) is 11.2. The molecule has 2 aromatic rings. The van der Waals surface area contributed by atoms with E-state index in [4.69, 9.17) is 0 Å². The van der Waals surface area contributed by atoms with Crippen LogP contribution >= 0.6 is 0 Å². The molecular weight excluding hydrogens is 188 g/mol. The second-order valence-corrected chi connectivity index (χ2v) is 4.05. The van der Waals surface area contributed by atoms with Crippen LogP contribution in [0.15, 0.2) is 18.2 Å². The first-order valence-electron chi connectivity index (χ1n) is 4.93. The Balaban J connectivity index is 2.93. The zero-order valence-electron chi connectivity index (χ0n) is 9.13. The van der Waals surface area contributed by atoms with Crippen LogP contribution in [0.25, 0.3) is 10.8 Å². The van der Waals surface area contributed by atoms with E-state index in [1.54, 1.807) is 6.92 Å². The van der Waals surface area contributed by atoms with Crippen LogP contribution in [0.1, 0.15) is 16.7 Å². The quantitative estimate of drug-likeness (QED) is 0.644. The number of phenolic OH excluding ortho intramolecular Hbond substituents is 2. The Kier molecular flexibility index (Phi) is 2.07. The van der Waals surface area contributed by atoms with Gasteiger partial charge < -0.3 is 10.2 Å². The highest BCUT2D eigenvalue weighted by Crippen LogP contribution is 2.37. The number of hydrogen-bond donors (Lipinski definition) is 2. The minimum Gasteiger partial charge on any atom is -0.504 e. The number of benzene rings is 2. The Labute approximate surface area is 88.8 Å². The Bertz CT molecular complexity index is 537. The zero-order valence-corrected chi connectivity index (χ0v) is 9.13. The summed E-state index contributed by atoms with van der Waals surface area (Å²) < 4.78 is 0. The molecule has 15 heavy (non-hydrogen) atoms. The van der Waals surface area contributed by atoms with E-state index in [1.807, 2.05) is 32.0 Å². The molecule has 2 aromatic carbocycles. The van der Waals surface area contributed by atoms with E-state index < -0.39 is 0 Å². The third-order valence-electron chi connectivity index (χ3n) is 2.89. The smallest absolute Gasteiger partial charge is 0.165 e. The molecular formula is C13H14O2. The van der Waals surface area contributed by atoms with Crippen LogP contribution in [0.5, 0.6) is 11.5 Å². The molecule has 0 aliphatic rings. The third kappa shape index (κ3) is 1.42. The van der Waals surface area contributed by atoms with Crippen LogP contribution < -0.4 is 0 Å². The molecule has 2 N–H and O–H groups in total. The summed E-state index contributed by atoms with van der Waals surface area (Å²) >= 11 is 0. The van der Waals surface area contributed by atoms with Crippen molar-refractivity contribution in [3.63, 3.8) is 0 Å². The SMILES string of the molecule is Cc1cc2cc(C)c(O)c(O)c2cc1C. The highest BCUT2D eigenvalue weighted by atomic mass is 16.3. The molecule has 0 aromatic heterocycles. The van der Waals surface area contributed by atoms with Crippen molar-refractivity contribution in [3.05, 3.63) is 34.9 Å². The first-order chi connectivity index (χ1) is 7.00. The molecule has 0 saturated carbocycles. The van der Waals surface area contributed by atoms with Crippen LogP contribution in [0.2, 0.25) is 0 Å². The number of aryl methyl sites for hydroxylation is 3. The van der Waals surface area contributed by atoms with Crippen molar-refractivity contribution in [2.75, 3.05) is 0 Å². The predicted molar refractivity (Wildman–Crippen MR) is 61.5 cm³/mol. The Morgan fingerprint density at radius 2 is 1.27 bits per heavy atom. The number of hydrogen-bond acceptors (Lipinski definition) is 2. The van der Waals surface area contributed by atoms with E-state index in [9.17, 15) is 10.2 Å². The van der Waals surface area contributed by atoms with Gasteiger partial charge in [-0.2, -0.15) is 0 Å². The van der Waals surface area contributed by atoms with Crippen LogP contribution in [0, 0.1) is 20.8 Å². The summed E-state index contributed by atoms with van der Waals surface area (Å²) in [5, 5.41) is 21.1. The van der Waals surface area contributed by atoms with E-state index in [1.165, 1.54) is 5.56 Å². The number of phenols is 2. The summed E-state index contributed by atoms with van der Waals surface area (Å²) in [5.74, 6) is -0.0427. The molecule has 0 saturated heterocycles. The van der Waals surface area contributed by atoms with Gasteiger partial charge in [-0.15, -0.1) is 0 Å². The summed E-state index contributed by atoms with van der Waals surface area (Å²) in [5.41, 5.74) is 3.00. The van der Waals surface area contributed by atoms with E-state index in [2.05, 4.69) is 0 Å². The summed E-state index contributed by atoms with van der Waals surface area (Å²) in [4.78, 5) is 0. The number of fused-ring (bicyclic) bond motifs is 1. The molecule has 2 heteroatoms. The van der Waals surface area contributed by atoms with Crippen molar-refractivity contribution in [1.29, 1.82) is 0 Å². The van der Waals surface area contributed by atoms with Gasteiger partial charge in [-0.1, -0.05) is 6.07 Å². The number of aromatic hydroxyl groups is 2. The fourth-order valence-electron chi connectivity index (χ4n) is 1.78. The van der Waals surface area contributed by atoms with E-state index >= 15 is 0 Å². The van der Waals surface area contributed by atoms with Gasteiger partial charge in [0.1, 0.15) is 0 Å². The maximum Gasteiger partial charge on any atom is 0.165 e. The summed E-state index contributed by atoms with van der Waals surface area (Å²) in [6, 6.07) is 5.81. The van der Waals surface area contributed by atoms with Crippen LogP contribution in [0.3, 0.4) is 0 Å². The minimum atomic E-state index is -0.0225. The van der Waals surface area contributed by atoms with Crippen LogP contribution in [-0.4, -0.2) is 10.2 Å². The highest BCUT2D eigenvalue weighted by Gasteiger charge is 2.09. The minimum absolute atomic E-state index is 0.0203. The molecule has 0 unspecified atom stereocenters. The fraction of sp³-hybridized carbons (Fsp3) is 0.231. The van der Waals surface area contributed by atoms with Gasteiger partial charge in [0, 0.05) is 5.39 Å². The highest BCUT2D eigenvalue weighted by molar-refractivity contribution is 5.92. The standard InChI is InChI=1S/C13H14O2/c1-7-4-10-5-9(3)12(14)13(15)11(10)6-8(7)2/h4-6,14-15H,1-3H3. The Hall–Kier alpha value is -1.70. The van der Waals surface area contributed by atoms with E-state index in [-0.39, 0.29) is 11.5 Å². The van der Waals surface area contributed by atoms with Gasteiger partial charge >= 0.3 is 0 Å². The van der Waals surface area contributed by atoms with Crippen molar-refractivity contribution >= 4 is 10.8 Å². The molecule has 0 spiro atoms. The van der Waals surface area contributed by atoms with Crippen molar-refractivity contribution in [2.24, 2.45) is 0 Å². The summed E-state index contributed by atoms with van der Waals surface area (Å²) in [6.45, 7) is 5.81. The van der Waals surface area contributed by atoms with Crippen LogP contribution in [0.4, 0.5) is 0 Å². The molecule has 2 nitrogen and oxygen atoms in total. The molecule has 0 heterocycles. The van der Waals surface area contributed by atoms with Gasteiger partial charge in [-0.3, -0.25) is 0 Å². The van der Waals surface area contributed by atoms with Gasteiger partial charge in [-0.25, -0.2) is 0 Å². The second kappa shape index (κ2) is 3.16. The van der Waals surface area contributed by atoms with Crippen molar-refractivity contribution < 1.29 is 10.2 Å². The largest absolute Gasteiger partial charge is 0.504 e. The average Bonchev–Trinajstić information content (AvgIpc) is 2.19. The van der Waals surface area contributed by atoms with Crippen molar-refractivity contribution in [3.8, 4) is 11.5 Å². The maximum absolute atomic E-state index is 9.80. The lowest BCUT2D eigenvalue weighted by Crippen LogP contribution is -1.85. The molecule has 0 aliphatic heterocycles. The second-order valence-electron chi connectivity index (χ2n) is 4.05. The van der Waals surface area contributed by atoms with Crippen molar-refractivity contribution in [1.82, 2.24) is 0 Å². The van der Waals surface area contributed by atoms with Gasteiger partial charge in [0.25, 0.3) is 0 Å². The van der Waals surface area contributed by atoms with Gasteiger partial charge in [0.05, 0.1) is 0 Å². The lowest BCUT2D eigenvalue weighted by Gasteiger charge is -2.09.